The van der Waals surface area contributed by atoms with Crippen molar-refractivity contribution in [3.05, 3.63) is 46.7 Å². The lowest BCUT2D eigenvalue weighted by molar-refractivity contribution is -0.141. The van der Waals surface area contributed by atoms with Crippen LogP contribution in [0.25, 0.3) is 0 Å². The molecule has 142 valence electrons. The molecular weight excluding hydrogens is 437 g/mol. The van der Waals surface area contributed by atoms with Crippen LogP contribution in [0.2, 0.25) is 0 Å². The summed E-state index contributed by atoms with van der Waals surface area (Å²) in [5, 5.41) is 3.51. The highest BCUT2D eigenvalue weighted by Crippen LogP contribution is 2.27. The van der Waals surface area contributed by atoms with E-state index in [9.17, 15) is 21.6 Å². The highest BCUT2D eigenvalue weighted by Gasteiger charge is 2.34. The molecule has 1 fully saturated rings. The molecule has 3 rings (SSSR count). The molecule has 1 aromatic heterocycles. The summed E-state index contributed by atoms with van der Waals surface area (Å²) in [6.45, 7) is 1.54. The van der Waals surface area contributed by atoms with E-state index in [2.05, 4.69) is 21.0 Å². The van der Waals surface area contributed by atoms with Crippen LogP contribution in [0, 0.1) is 0 Å². The number of piperazine rings is 1. The normalized spacial score (nSPS) is 17.5. The van der Waals surface area contributed by atoms with Gasteiger partial charge in [0.2, 0.25) is 10.0 Å². The predicted molar refractivity (Wildman–Crippen MR) is 91.7 cm³/mol. The van der Waals surface area contributed by atoms with Crippen molar-refractivity contribution in [2.45, 2.75) is 17.7 Å². The molecule has 0 unspecified atom stereocenters. The van der Waals surface area contributed by atoms with Crippen molar-refractivity contribution in [1.29, 1.82) is 0 Å². The van der Waals surface area contributed by atoms with Gasteiger partial charge in [0, 0.05) is 36.8 Å². The molecule has 0 aliphatic carbocycles. The number of halogens is 4. The Morgan fingerprint density at radius 2 is 1.81 bits per heavy atom. The van der Waals surface area contributed by atoms with Crippen molar-refractivity contribution in [3.8, 4) is 0 Å². The Morgan fingerprint density at radius 3 is 2.38 bits per heavy atom. The number of rotatable bonds is 4. The lowest BCUT2D eigenvalue weighted by atomic mass is 10.4. The maximum Gasteiger partial charge on any atom is 0.435 e. The van der Waals surface area contributed by atoms with Gasteiger partial charge in [0.15, 0.2) is 5.69 Å². The molecule has 1 aromatic carbocycles. The molecule has 6 nitrogen and oxygen atoms in total. The molecule has 0 atom stereocenters. The summed E-state index contributed by atoms with van der Waals surface area (Å²) in [7, 11) is -3.59. The highest BCUT2D eigenvalue weighted by molar-refractivity contribution is 9.10. The van der Waals surface area contributed by atoms with Crippen molar-refractivity contribution in [2.75, 3.05) is 26.2 Å². The van der Waals surface area contributed by atoms with Gasteiger partial charge in [0.05, 0.1) is 11.6 Å². The number of hydrogen-bond acceptors (Lipinski definition) is 4. The largest absolute Gasteiger partial charge is 0.435 e. The molecule has 0 bridgehead atoms. The van der Waals surface area contributed by atoms with E-state index < -0.39 is 21.9 Å². The Balaban J connectivity index is 1.61. The molecule has 26 heavy (non-hydrogen) atoms. The average Bonchev–Trinajstić information content (AvgIpc) is 3.04. The first-order valence-electron chi connectivity index (χ1n) is 7.75. The van der Waals surface area contributed by atoms with Crippen molar-refractivity contribution >= 4 is 26.0 Å². The molecule has 2 heterocycles. The van der Waals surface area contributed by atoms with Crippen LogP contribution in [0.5, 0.6) is 0 Å². The number of aromatic nitrogens is 2. The molecule has 11 heteroatoms. The van der Waals surface area contributed by atoms with Gasteiger partial charge in [-0.2, -0.15) is 22.6 Å². The smallest absolute Gasteiger partial charge is 0.282 e. The zero-order valence-corrected chi connectivity index (χ0v) is 15.9. The van der Waals surface area contributed by atoms with Crippen LogP contribution in [-0.2, 0) is 22.9 Å². The van der Waals surface area contributed by atoms with E-state index in [4.69, 9.17) is 0 Å². The third-order valence-corrected chi connectivity index (χ3v) is 6.43. The number of alkyl halides is 3. The fraction of sp³-hybridized carbons (Fsp3) is 0.400. The Kier molecular flexibility index (Phi) is 5.42. The zero-order valence-electron chi connectivity index (χ0n) is 13.5. The van der Waals surface area contributed by atoms with Gasteiger partial charge in [0.1, 0.15) is 0 Å². The van der Waals surface area contributed by atoms with Crippen LogP contribution in [0.1, 0.15) is 5.69 Å². The van der Waals surface area contributed by atoms with Crippen molar-refractivity contribution < 1.29 is 21.6 Å². The van der Waals surface area contributed by atoms with Crippen LogP contribution in [0.4, 0.5) is 13.2 Å². The average molecular weight is 453 g/mol. The van der Waals surface area contributed by atoms with E-state index in [-0.39, 0.29) is 24.7 Å². The number of sulfonamides is 1. The minimum absolute atomic E-state index is 0.181. The fourth-order valence-corrected chi connectivity index (χ4v) is 4.70. The summed E-state index contributed by atoms with van der Waals surface area (Å²) in [5.41, 5.74) is -0.937. The summed E-state index contributed by atoms with van der Waals surface area (Å²) < 4.78 is 66.4. The van der Waals surface area contributed by atoms with Gasteiger partial charge in [-0.15, -0.1) is 0 Å². The van der Waals surface area contributed by atoms with Gasteiger partial charge in [0.25, 0.3) is 0 Å². The van der Waals surface area contributed by atoms with Gasteiger partial charge in [-0.1, -0.05) is 22.0 Å². The van der Waals surface area contributed by atoms with Crippen LogP contribution in [-0.4, -0.2) is 53.6 Å². The Bertz CT molecular complexity index is 877. The second-order valence-electron chi connectivity index (χ2n) is 5.86. The molecule has 0 N–H and O–H groups in total. The zero-order chi connectivity index (χ0) is 18.9. The molecule has 1 saturated heterocycles. The third-order valence-electron chi connectivity index (χ3n) is 4.04. The van der Waals surface area contributed by atoms with Gasteiger partial charge in [-0.05, 0) is 24.3 Å². The number of nitrogens with zero attached hydrogens (tertiary/aromatic N) is 4. The quantitative estimate of drug-likeness (QED) is 0.715. The lowest BCUT2D eigenvalue weighted by Crippen LogP contribution is -2.48. The Labute approximate surface area is 157 Å². The monoisotopic (exact) mass is 452 g/mol. The van der Waals surface area contributed by atoms with E-state index >= 15 is 0 Å². The Morgan fingerprint density at radius 1 is 1.12 bits per heavy atom. The van der Waals surface area contributed by atoms with Crippen LogP contribution >= 0.6 is 15.9 Å². The molecule has 0 radical (unpaired) electrons. The molecule has 0 amide bonds. The maximum absolute atomic E-state index is 12.7. The van der Waals surface area contributed by atoms with Gasteiger partial charge in [-0.3, -0.25) is 9.58 Å². The highest BCUT2D eigenvalue weighted by atomic mass is 79.9. The first kappa shape index (κ1) is 19.3. The SMILES string of the molecule is O=S(=O)(c1cccc(Br)c1)N1CCN(Cn2ccc(C(F)(F)F)n2)CC1. The lowest BCUT2D eigenvalue weighted by Gasteiger charge is -2.33. The van der Waals surface area contributed by atoms with Gasteiger partial charge in [-0.25, -0.2) is 8.42 Å². The summed E-state index contributed by atoms with van der Waals surface area (Å²) in [6.07, 6.45) is -3.20. The van der Waals surface area contributed by atoms with E-state index in [0.717, 1.165) is 6.07 Å². The molecule has 1 aliphatic rings. The van der Waals surface area contributed by atoms with Crippen molar-refractivity contribution in [2.24, 2.45) is 0 Å². The topological polar surface area (TPSA) is 58.4 Å². The summed E-state index contributed by atoms with van der Waals surface area (Å²) in [4.78, 5) is 2.07. The fourth-order valence-electron chi connectivity index (χ4n) is 2.68. The van der Waals surface area contributed by atoms with Crippen LogP contribution in [0.15, 0.2) is 45.9 Å². The summed E-state index contributed by atoms with van der Waals surface area (Å²) >= 11 is 3.26. The molecular formula is C15H16BrF3N4O2S. The standard InChI is InChI=1S/C15H16BrF3N4O2S/c16-12-2-1-3-13(10-12)26(24,25)23-8-6-21(7-9-23)11-22-5-4-14(20-22)15(17,18)19/h1-5,10H,6-9,11H2. The number of benzene rings is 1. The summed E-state index contributed by atoms with van der Waals surface area (Å²) in [6, 6.07) is 7.41. The van der Waals surface area contributed by atoms with E-state index in [1.54, 1.807) is 18.2 Å². The minimum Gasteiger partial charge on any atom is -0.282 e. The minimum atomic E-state index is -4.47. The first-order valence-corrected chi connectivity index (χ1v) is 9.98. The molecule has 0 saturated carbocycles. The Hall–Kier alpha value is -1.43. The number of hydrogen-bond donors (Lipinski definition) is 0. The van der Waals surface area contributed by atoms with Crippen molar-refractivity contribution in [3.63, 3.8) is 0 Å². The predicted octanol–water partition coefficient (Wildman–Crippen LogP) is 2.63. The second-order valence-corrected chi connectivity index (χ2v) is 8.71. The maximum atomic E-state index is 12.7. The van der Waals surface area contributed by atoms with E-state index in [1.807, 2.05) is 4.90 Å². The third kappa shape index (κ3) is 4.27. The molecule has 1 aliphatic heterocycles. The van der Waals surface area contributed by atoms with Crippen molar-refractivity contribution in [1.82, 2.24) is 19.0 Å². The van der Waals surface area contributed by atoms with Gasteiger partial charge >= 0.3 is 6.18 Å². The van der Waals surface area contributed by atoms with E-state index in [1.165, 1.54) is 21.3 Å². The first-order chi connectivity index (χ1) is 12.2. The second kappa shape index (κ2) is 7.29. The van der Waals surface area contributed by atoms with Crippen LogP contribution < -0.4 is 0 Å². The molecule has 2 aromatic rings. The molecule has 0 spiro atoms. The van der Waals surface area contributed by atoms with Gasteiger partial charge < -0.3 is 0 Å². The summed E-state index contributed by atoms with van der Waals surface area (Å²) in [5.74, 6) is 0. The van der Waals surface area contributed by atoms with E-state index in [0.29, 0.717) is 17.6 Å². The van der Waals surface area contributed by atoms with Crippen LogP contribution in [0.3, 0.4) is 0 Å².